The van der Waals surface area contributed by atoms with E-state index in [1.807, 2.05) is 0 Å². The molecule has 1 rings (SSSR count). The number of carbonyl (C=O) groups excluding carboxylic acids is 2. The van der Waals surface area contributed by atoms with Crippen LogP contribution in [-0.4, -0.2) is 37.0 Å². The van der Waals surface area contributed by atoms with Crippen LogP contribution in [0.15, 0.2) is 12.1 Å². The van der Waals surface area contributed by atoms with Gasteiger partial charge in [0.05, 0.1) is 18.6 Å². The summed E-state index contributed by atoms with van der Waals surface area (Å²) in [5, 5.41) is 0. The minimum atomic E-state index is -0.916. The van der Waals surface area contributed by atoms with Crippen molar-refractivity contribution in [3.05, 3.63) is 34.9 Å². The standard InChI is InChI=1S/C14H17F2NO3/c1-4-20-13(18)5-6-17(3)14(19)10-7-9(2)11(15)8-12(10)16/h7-8H,4-6H2,1-3H3. The lowest BCUT2D eigenvalue weighted by atomic mass is 10.1. The van der Waals surface area contributed by atoms with E-state index in [1.165, 1.54) is 18.9 Å². The van der Waals surface area contributed by atoms with E-state index in [9.17, 15) is 18.4 Å². The molecule has 0 atom stereocenters. The third-order valence-corrected chi connectivity index (χ3v) is 2.78. The molecular weight excluding hydrogens is 268 g/mol. The number of halogens is 2. The molecule has 20 heavy (non-hydrogen) atoms. The third kappa shape index (κ3) is 4.01. The van der Waals surface area contributed by atoms with Gasteiger partial charge in [-0.1, -0.05) is 0 Å². The van der Waals surface area contributed by atoms with Crippen LogP contribution < -0.4 is 0 Å². The van der Waals surface area contributed by atoms with Crippen LogP contribution in [0.4, 0.5) is 8.78 Å². The average molecular weight is 285 g/mol. The van der Waals surface area contributed by atoms with Crippen LogP contribution in [0.1, 0.15) is 29.3 Å². The quantitative estimate of drug-likeness (QED) is 0.780. The highest BCUT2D eigenvalue weighted by molar-refractivity contribution is 5.94. The molecule has 0 spiro atoms. The van der Waals surface area contributed by atoms with Gasteiger partial charge in [-0.15, -0.1) is 0 Å². The fourth-order valence-corrected chi connectivity index (χ4v) is 1.62. The Morgan fingerprint density at radius 3 is 2.50 bits per heavy atom. The van der Waals surface area contributed by atoms with E-state index in [0.29, 0.717) is 6.07 Å². The lowest BCUT2D eigenvalue weighted by Crippen LogP contribution is -2.30. The summed E-state index contributed by atoms with van der Waals surface area (Å²) < 4.78 is 31.5. The van der Waals surface area contributed by atoms with Crippen LogP contribution in [0.2, 0.25) is 0 Å². The first kappa shape index (κ1) is 16.1. The maximum atomic E-state index is 13.6. The number of esters is 1. The minimum Gasteiger partial charge on any atom is -0.466 e. The number of hydrogen-bond acceptors (Lipinski definition) is 3. The first-order chi connectivity index (χ1) is 9.36. The van der Waals surface area contributed by atoms with Gasteiger partial charge in [-0.2, -0.15) is 0 Å². The van der Waals surface area contributed by atoms with E-state index in [0.717, 1.165) is 6.07 Å². The number of nitrogens with zero attached hydrogens (tertiary/aromatic N) is 1. The van der Waals surface area contributed by atoms with Gasteiger partial charge in [0.25, 0.3) is 5.91 Å². The maximum absolute atomic E-state index is 13.6. The average Bonchev–Trinajstić information content (AvgIpc) is 2.39. The second kappa shape index (κ2) is 6.98. The summed E-state index contributed by atoms with van der Waals surface area (Å²) in [6.45, 7) is 3.50. The molecule has 4 nitrogen and oxygen atoms in total. The number of carbonyl (C=O) groups is 2. The molecule has 110 valence electrons. The van der Waals surface area contributed by atoms with Crippen LogP contribution in [0.25, 0.3) is 0 Å². The van der Waals surface area contributed by atoms with Crippen LogP contribution in [0.5, 0.6) is 0 Å². The zero-order valence-corrected chi connectivity index (χ0v) is 11.7. The molecule has 0 fully saturated rings. The summed E-state index contributed by atoms with van der Waals surface area (Å²) in [6.07, 6.45) is 0.0257. The number of hydrogen-bond donors (Lipinski definition) is 0. The topological polar surface area (TPSA) is 46.6 Å². The van der Waals surface area contributed by atoms with Gasteiger partial charge < -0.3 is 9.64 Å². The first-order valence-corrected chi connectivity index (χ1v) is 6.23. The predicted molar refractivity (Wildman–Crippen MR) is 69.3 cm³/mol. The Morgan fingerprint density at radius 2 is 1.90 bits per heavy atom. The molecular formula is C14H17F2NO3. The highest BCUT2D eigenvalue weighted by Crippen LogP contribution is 2.15. The molecule has 1 aromatic carbocycles. The van der Waals surface area contributed by atoms with Crippen LogP contribution in [0.3, 0.4) is 0 Å². The SMILES string of the molecule is CCOC(=O)CCN(C)C(=O)c1cc(C)c(F)cc1F. The molecule has 0 aliphatic rings. The number of benzene rings is 1. The molecule has 0 unspecified atom stereocenters. The summed E-state index contributed by atoms with van der Waals surface area (Å²) in [5.41, 5.74) is -0.0243. The number of rotatable bonds is 5. The first-order valence-electron chi connectivity index (χ1n) is 6.23. The van der Waals surface area contributed by atoms with Gasteiger partial charge >= 0.3 is 5.97 Å². The third-order valence-electron chi connectivity index (χ3n) is 2.78. The Balaban J connectivity index is 2.74. The molecule has 1 amide bonds. The van der Waals surface area contributed by atoms with Crippen molar-refractivity contribution < 1.29 is 23.1 Å². The van der Waals surface area contributed by atoms with Crippen molar-refractivity contribution >= 4 is 11.9 Å². The summed E-state index contributed by atoms with van der Waals surface area (Å²) in [5.74, 6) is -2.65. The van der Waals surface area contributed by atoms with E-state index in [-0.39, 0.29) is 30.7 Å². The number of ether oxygens (including phenoxy) is 1. The Kier molecular flexibility index (Phi) is 5.61. The summed E-state index contributed by atoms with van der Waals surface area (Å²) in [6, 6.07) is 1.84. The zero-order valence-electron chi connectivity index (χ0n) is 11.7. The Morgan fingerprint density at radius 1 is 1.25 bits per heavy atom. The monoisotopic (exact) mass is 285 g/mol. The van der Waals surface area contributed by atoms with Crippen molar-refractivity contribution in [3.8, 4) is 0 Å². The molecule has 0 aliphatic carbocycles. The van der Waals surface area contributed by atoms with Gasteiger partial charge in [0.15, 0.2) is 0 Å². The molecule has 0 heterocycles. The molecule has 0 aromatic heterocycles. The number of aryl methyl sites for hydroxylation is 1. The number of amides is 1. The molecule has 0 saturated carbocycles. The lowest BCUT2D eigenvalue weighted by Gasteiger charge is -2.17. The van der Waals surface area contributed by atoms with Crippen molar-refractivity contribution in [2.24, 2.45) is 0 Å². The molecule has 1 aromatic rings. The molecule has 6 heteroatoms. The molecule has 0 radical (unpaired) electrons. The fraction of sp³-hybridized carbons (Fsp3) is 0.429. The van der Waals surface area contributed by atoms with Gasteiger partial charge in [0.2, 0.25) is 0 Å². The molecule has 0 bridgehead atoms. The smallest absolute Gasteiger partial charge is 0.307 e. The predicted octanol–water partition coefficient (Wildman–Crippen LogP) is 2.30. The Bertz CT molecular complexity index is 517. The van der Waals surface area contributed by atoms with E-state index >= 15 is 0 Å². The van der Waals surface area contributed by atoms with E-state index in [4.69, 9.17) is 4.74 Å². The lowest BCUT2D eigenvalue weighted by molar-refractivity contribution is -0.143. The summed E-state index contributed by atoms with van der Waals surface area (Å²) in [4.78, 5) is 24.4. The Labute approximate surface area is 116 Å². The zero-order chi connectivity index (χ0) is 15.3. The van der Waals surface area contributed by atoms with E-state index in [1.54, 1.807) is 6.92 Å². The summed E-state index contributed by atoms with van der Waals surface area (Å²) in [7, 11) is 1.44. The highest BCUT2D eigenvalue weighted by atomic mass is 19.1. The van der Waals surface area contributed by atoms with Crippen molar-refractivity contribution in [2.75, 3.05) is 20.2 Å². The fourth-order valence-electron chi connectivity index (χ4n) is 1.62. The van der Waals surface area contributed by atoms with Gasteiger partial charge in [0.1, 0.15) is 11.6 Å². The van der Waals surface area contributed by atoms with Crippen molar-refractivity contribution in [3.63, 3.8) is 0 Å². The molecule has 0 N–H and O–H groups in total. The largest absolute Gasteiger partial charge is 0.466 e. The second-order valence-corrected chi connectivity index (χ2v) is 4.36. The molecule has 0 saturated heterocycles. The summed E-state index contributed by atoms with van der Waals surface area (Å²) >= 11 is 0. The maximum Gasteiger partial charge on any atom is 0.307 e. The van der Waals surface area contributed by atoms with E-state index < -0.39 is 23.5 Å². The van der Waals surface area contributed by atoms with Crippen molar-refractivity contribution in [2.45, 2.75) is 20.3 Å². The molecule has 0 aliphatic heterocycles. The van der Waals surface area contributed by atoms with Crippen LogP contribution in [0, 0.1) is 18.6 Å². The highest BCUT2D eigenvalue weighted by Gasteiger charge is 2.18. The van der Waals surface area contributed by atoms with Gasteiger partial charge in [-0.05, 0) is 25.5 Å². The van der Waals surface area contributed by atoms with Crippen molar-refractivity contribution in [1.82, 2.24) is 4.90 Å². The van der Waals surface area contributed by atoms with Gasteiger partial charge in [-0.25, -0.2) is 8.78 Å². The second-order valence-electron chi connectivity index (χ2n) is 4.36. The van der Waals surface area contributed by atoms with Gasteiger partial charge in [0, 0.05) is 19.7 Å². The van der Waals surface area contributed by atoms with E-state index in [2.05, 4.69) is 0 Å². The van der Waals surface area contributed by atoms with Gasteiger partial charge in [-0.3, -0.25) is 9.59 Å². The normalized spacial score (nSPS) is 10.2. The van der Waals surface area contributed by atoms with Crippen molar-refractivity contribution in [1.29, 1.82) is 0 Å². The minimum absolute atomic E-state index is 0.0257. The van der Waals surface area contributed by atoms with Crippen LogP contribution >= 0.6 is 0 Å². The Hall–Kier alpha value is -1.98. The van der Waals surface area contributed by atoms with Crippen LogP contribution in [-0.2, 0) is 9.53 Å².